The number of rotatable bonds is 9. The minimum Gasteiger partial charge on any atom is -0.481 e. The van der Waals surface area contributed by atoms with Crippen molar-refractivity contribution < 1.29 is 14.7 Å². The van der Waals surface area contributed by atoms with Crippen LogP contribution in [0.25, 0.3) is 21.3 Å². The van der Waals surface area contributed by atoms with E-state index in [0.29, 0.717) is 17.3 Å². The van der Waals surface area contributed by atoms with Crippen molar-refractivity contribution in [1.82, 2.24) is 14.9 Å². The van der Waals surface area contributed by atoms with E-state index in [1.54, 1.807) is 18.2 Å². The van der Waals surface area contributed by atoms with E-state index >= 15 is 0 Å². The molecule has 0 saturated carbocycles. The van der Waals surface area contributed by atoms with Gasteiger partial charge in [-0.05, 0) is 72.0 Å². The van der Waals surface area contributed by atoms with Crippen molar-refractivity contribution in [3.8, 4) is 10.4 Å². The zero-order valence-electron chi connectivity index (χ0n) is 21.4. The topological polar surface area (TPSA) is 101 Å². The Morgan fingerprint density at radius 3 is 2.46 bits per heavy atom. The molecule has 2 atom stereocenters. The molecule has 2 aromatic heterocycles. The van der Waals surface area contributed by atoms with Gasteiger partial charge in [-0.3, -0.25) is 19.0 Å². The van der Waals surface area contributed by atoms with Crippen molar-refractivity contribution in [2.24, 2.45) is 5.92 Å². The number of hydrogen-bond donors (Lipinski definition) is 2. The van der Waals surface area contributed by atoms with Crippen molar-refractivity contribution in [3.63, 3.8) is 0 Å². The van der Waals surface area contributed by atoms with E-state index in [1.807, 2.05) is 63.4 Å². The number of carboxylic acid groups (broad SMARTS) is 1. The van der Waals surface area contributed by atoms with Crippen molar-refractivity contribution in [1.29, 1.82) is 0 Å². The van der Waals surface area contributed by atoms with Gasteiger partial charge < -0.3 is 10.4 Å². The number of hydrogen-bond acceptors (Lipinski definition) is 5. The van der Waals surface area contributed by atoms with Gasteiger partial charge in [-0.25, -0.2) is 4.98 Å². The van der Waals surface area contributed by atoms with Gasteiger partial charge in [0.1, 0.15) is 6.04 Å². The first-order chi connectivity index (χ1) is 17.7. The molecule has 0 aliphatic heterocycles. The molecule has 2 heterocycles. The van der Waals surface area contributed by atoms with Crippen LogP contribution in [0, 0.1) is 19.8 Å². The van der Waals surface area contributed by atoms with Crippen LogP contribution in [-0.2, 0) is 9.59 Å². The summed E-state index contributed by atoms with van der Waals surface area (Å²) in [5.41, 5.74) is 4.37. The zero-order valence-corrected chi connectivity index (χ0v) is 22.2. The summed E-state index contributed by atoms with van der Waals surface area (Å²) in [7, 11) is 0. The molecule has 0 radical (unpaired) electrons. The molecule has 7 nitrogen and oxygen atoms in total. The first kappa shape index (κ1) is 26.3. The van der Waals surface area contributed by atoms with Crippen LogP contribution in [0.5, 0.6) is 0 Å². The highest BCUT2D eigenvalue weighted by atomic mass is 32.1. The molecule has 0 spiro atoms. The third-order valence-corrected chi connectivity index (χ3v) is 7.43. The Labute approximate surface area is 219 Å². The van der Waals surface area contributed by atoms with Crippen molar-refractivity contribution in [2.75, 3.05) is 0 Å². The third-order valence-electron chi connectivity index (χ3n) is 6.47. The van der Waals surface area contributed by atoms with Gasteiger partial charge in [0.25, 0.3) is 5.56 Å². The van der Waals surface area contributed by atoms with E-state index in [1.165, 1.54) is 22.2 Å². The number of nitrogens with one attached hydrogen (secondary N) is 1. The predicted octanol–water partition coefficient (Wildman–Crippen LogP) is 5.66. The molecule has 2 aromatic carbocycles. The number of nitrogens with zero attached hydrogens (tertiary/aromatic N) is 2. The second-order valence-electron chi connectivity index (χ2n) is 9.79. The number of carbonyl (C=O) groups excluding carboxylic acids is 1. The Morgan fingerprint density at radius 1 is 1.08 bits per heavy atom. The standard InChI is InChI=1S/C29H31N3O4S/c1-17(2)12-24(32-16-30-22-11-6-5-10-21(22)29(32)36)28(35)31-23(14-26(33)34)20-13-25(37-15-20)27-18(3)8-7-9-19(27)4/h5-11,13,15-17,23-24H,12,14H2,1-4H3,(H,31,35)(H,33,34). The molecule has 2 N–H and O–H groups in total. The van der Waals surface area contributed by atoms with Gasteiger partial charge in [-0.15, -0.1) is 11.3 Å². The summed E-state index contributed by atoms with van der Waals surface area (Å²) in [5, 5.41) is 14.9. The van der Waals surface area contributed by atoms with E-state index in [2.05, 4.69) is 10.3 Å². The molecule has 0 fully saturated rings. The smallest absolute Gasteiger partial charge is 0.305 e. The Hall–Kier alpha value is -3.78. The van der Waals surface area contributed by atoms with Crippen LogP contribution in [0.15, 0.2) is 65.0 Å². The normalized spacial score (nSPS) is 13.0. The highest BCUT2D eigenvalue weighted by molar-refractivity contribution is 7.13. The molecule has 37 heavy (non-hydrogen) atoms. The number of fused-ring (bicyclic) bond motifs is 1. The second kappa shape index (κ2) is 11.1. The van der Waals surface area contributed by atoms with E-state index in [0.717, 1.165) is 27.1 Å². The summed E-state index contributed by atoms with van der Waals surface area (Å²) in [6.07, 6.45) is 1.55. The number of thiophene rings is 1. The van der Waals surface area contributed by atoms with Crippen molar-refractivity contribution >= 4 is 34.1 Å². The Morgan fingerprint density at radius 2 is 1.78 bits per heavy atom. The van der Waals surface area contributed by atoms with E-state index in [9.17, 15) is 19.5 Å². The van der Waals surface area contributed by atoms with Crippen molar-refractivity contribution in [3.05, 3.63) is 87.3 Å². The fourth-order valence-electron chi connectivity index (χ4n) is 4.66. The number of aliphatic carboxylic acids is 1. The molecule has 0 bridgehead atoms. The monoisotopic (exact) mass is 517 g/mol. The molecular weight excluding hydrogens is 486 g/mol. The van der Waals surface area contributed by atoms with Crippen LogP contribution in [0.2, 0.25) is 0 Å². The molecule has 4 rings (SSSR count). The van der Waals surface area contributed by atoms with Gasteiger partial charge in [-0.2, -0.15) is 0 Å². The van der Waals surface area contributed by atoms with Crippen LogP contribution in [0.3, 0.4) is 0 Å². The summed E-state index contributed by atoms with van der Waals surface area (Å²) >= 11 is 1.52. The maximum absolute atomic E-state index is 13.6. The maximum atomic E-state index is 13.6. The van der Waals surface area contributed by atoms with Gasteiger partial charge in [0.05, 0.1) is 29.7 Å². The van der Waals surface area contributed by atoms with E-state index in [4.69, 9.17) is 0 Å². The lowest BCUT2D eigenvalue weighted by Crippen LogP contribution is -2.40. The number of carbonyl (C=O) groups is 2. The largest absolute Gasteiger partial charge is 0.481 e. The summed E-state index contributed by atoms with van der Waals surface area (Å²) in [6.45, 7) is 8.04. The van der Waals surface area contributed by atoms with Crippen LogP contribution >= 0.6 is 11.3 Å². The van der Waals surface area contributed by atoms with Crippen molar-refractivity contribution in [2.45, 2.75) is 52.6 Å². The molecule has 8 heteroatoms. The Bertz CT molecular complexity index is 1480. The summed E-state index contributed by atoms with van der Waals surface area (Å²) < 4.78 is 1.37. The molecule has 4 aromatic rings. The minimum atomic E-state index is -1.02. The average Bonchev–Trinajstić information content (AvgIpc) is 3.32. The SMILES string of the molecule is Cc1cccc(C)c1-c1cc(C(CC(=O)O)NC(=O)C(CC(C)C)n2cnc3ccccc3c2=O)cs1. The van der Waals surface area contributed by atoms with Gasteiger partial charge in [0, 0.05) is 4.88 Å². The summed E-state index contributed by atoms with van der Waals surface area (Å²) in [4.78, 5) is 44.0. The Balaban J connectivity index is 1.68. The third kappa shape index (κ3) is 5.80. The van der Waals surface area contributed by atoms with E-state index < -0.39 is 24.0 Å². The van der Waals surface area contributed by atoms with Crippen LogP contribution in [0.4, 0.5) is 0 Å². The molecule has 0 saturated heterocycles. The quantitative estimate of drug-likeness (QED) is 0.298. The number of amides is 1. The lowest BCUT2D eigenvalue weighted by atomic mass is 9.99. The summed E-state index contributed by atoms with van der Waals surface area (Å²) in [6, 6.07) is 13.5. The molecule has 192 valence electrons. The molecule has 0 aliphatic carbocycles. The van der Waals surface area contributed by atoms with Crippen LogP contribution in [-0.4, -0.2) is 26.5 Å². The first-order valence-electron chi connectivity index (χ1n) is 12.3. The highest BCUT2D eigenvalue weighted by Gasteiger charge is 2.28. The fraction of sp³-hybridized carbons (Fsp3) is 0.310. The van der Waals surface area contributed by atoms with Gasteiger partial charge >= 0.3 is 5.97 Å². The Kier molecular flexibility index (Phi) is 7.88. The van der Waals surface area contributed by atoms with Gasteiger partial charge in [0.2, 0.25) is 5.91 Å². The van der Waals surface area contributed by atoms with E-state index in [-0.39, 0.29) is 17.9 Å². The fourth-order valence-corrected chi connectivity index (χ4v) is 5.80. The number of benzene rings is 2. The molecular formula is C29H31N3O4S. The minimum absolute atomic E-state index is 0.115. The first-order valence-corrected chi connectivity index (χ1v) is 13.2. The zero-order chi connectivity index (χ0) is 26.7. The molecule has 1 amide bonds. The molecule has 2 unspecified atom stereocenters. The number of aryl methyl sites for hydroxylation is 2. The van der Waals surface area contributed by atoms with Crippen LogP contribution in [0.1, 0.15) is 55.5 Å². The lowest BCUT2D eigenvalue weighted by Gasteiger charge is -2.24. The number of para-hydroxylation sites is 1. The number of carboxylic acids is 1. The maximum Gasteiger partial charge on any atom is 0.305 e. The van der Waals surface area contributed by atoms with Gasteiger partial charge in [-0.1, -0.05) is 44.2 Å². The average molecular weight is 518 g/mol. The molecule has 0 aliphatic rings. The lowest BCUT2D eigenvalue weighted by molar-refractivity contribution is -0.138. The second-order valence-corrected chi connectivity index (χ2v) is 10.7. The van der Waals surface area contributed by atoms with Gasteiger partial charge in [0.15, 0.2) is 0 Å². The highest BCUT2D eigenvalue weighted by Crippen LogP contribution is 2.35. The summed E-state index contributed by atoms with van der Waals surface area (Å²) in [5.74, 6) is -1.31. The van der Waals surface area contributed by atoms with Crippen LogP contribution < -0.4 is 10.9 Å². The number of aromatic nitrogens is 2. The predicted molar refractivity (Wildman–Crippen MR) is 147 cm³/mol.